The molecule has 3 aliphatic carbocycles. The van der Waals surface area contributed by atoms with Crippen molar-refractivity contribution in [3.8, 4) is 84.4 Å². The summed E-state index contributed by atoms with van der Waals surface area (Å²) in [5.74, 6) is 0.997. The molecule has 0 atom stereocenters. The number of H-pyrrole nitrogens is 3. The van der Waals surface area contributed by atoms with Gasteiger partial charge in [0, 0.05) is 50.5 Å². The van der Waals surface area contributed by atoms with Crippen molar-refractivity contribution in [2.75, 3.05) is 20.4 Å². The van der Waals surface area contributed by atoms with Crippen molar-refractivity contribution in [1.29, 1.82) is 0 Å². The number of hydrogen-bond donors (Lipinski definition) is 3. The Bertz CT molecular complexity index is 4800. The number of nitrogens with one attached hydrogen (secondary N) is 3. The maximum absolute atomic E-state index is 14.6. The molecular formula is C78H72N9O10P. The second-order valence-corrected chi connectivity index (χ2v) is 26.6. The minimum atomic E-state index is -4.57. The molecule has 0 saturated carbocycles. The SMILES string of the molecule is Cc1[nH]c2c(C3=CCCCC3)c(-c3ccccc3)nn2c(=O)c1-c1ccc(OCOP(=O)(OCOc2ccc(-c3c(C)[nH]c4c(C5=CCCCC5)c(-c5ccccc5)nn4c3=O)cc2)OCOc2ccc(-c3c(C)[nH]c4c(C5=CCCCC5)c(-c5ccccc5)nn4c3=O)cc2)cc1. The van der Waals surface area contributed by atoms with Crippen LogP contribution in [0.25, 0.3) is 101 Å². The first kappa shape index (κ1) is 63.4. The molecule has 0 amide bonds. The minimum Gasteiger partial charge on any atom is -0.467 e. The first-order valence-electron chi connectivity index (χ1n) is 33.4. The number of ether oxygens (including phenoxy) is 3. The zero-order valence-corrected chi connectivity index (χ0v) is 55.5. The van der Waals surface area contributed by atoms with E-state index < -0.39 is 28.2 Å². The predicted molar refractivity (Wildman–Crippen MR) is 381 cm³/mol. The Morgan fingerprint density at radius 1 is 0.357 bits per heavy atom. The molecule has 6 aromatic heterocycles. The maximum atomic E-state index is 14.6. The molecule has 98 heavy (non-hydrogen) atoms. The van der Waals surface area contributed by atoms with Crippen molar-refractivity contribution in [3.63, 3.8) is 0 Å². The second-order valence-electron chi connectivity index (χ2n) is 25.0. The van der Waals surface area contributed by atoms with E-state index in [0.29, 0.717) is 84.7 Å². The number of aryl methyl sites for hydroxylation is 3. The van der Waals surface area contributed by atoms with Crippen molar-refractivity contribution in [2.24, 2.45) is 0 Å². The average Bonchev–Trinajstić information content (AvgIpc) is 1.59. The Balaban J connectivity index is 0.663. The summed E-state index contributed by atoms with van der Waals surface area (Å²) in [5.41, 5.74) is 17.8. The summed E-state index contributed by atoms with van der Waals surface area (Å²) in [7, 11) is -4.57. The van der Waals surface area contributed by atoms with Gasteiger partial charge in [0.2, 0.25) is 0 Å². The van der Waals surface area contributed by atoms with Crippen LogP contribution in [0.4, 0.5) is 0 Å². The quantitative estimate of drug-likeness (QED) is 0.0450. The second kappa shape index (κ2) is 27.4. The lowest BCUT2D eigenvalue weighted by atomic mass is 9.92. The van der Waals surface area contributed by atoms with Crippen LogP contribution in [0.3, 0.4) is 0 Å². The lowest BCUT2D eigenvalue weighted by molar-refractivity contribution is -0.00440. The predicted octanol–water partition coefficient (Wildman–Crippen LogP) is 17.1. The highest BCUT2D eigenvalue weighted by molar-refractivity contribution is 7.48. The first-order valence-corrected chi connectivity index (χ1v) is 34.9. The molecule has 12 aromatic rings. The monoisotopic (exact) mass is 1330 g/mol. The number of fused-ring (bicyclic) bond motifs is 3. The number of hydrogen-bond acceptors (Lipinski definition) is 13. The molecule has 0 saturated heterocycles. The van der Waals surface area contributed by atoms with Crippen molar-refractivity contribution in [3.05, 3.63) is 247 Å². The third-order valence-corrected chi connectivity index (χ3v) is 19.9. The van der Waals surface area contributed by atoms with Crippen molar-refractivity contribution in [1.82, 2.24) is 43.8 Å². The fraction of sp³-hybridized carbons (Fsp3) is 0.231. The molecule has 19 nitrogen and oxygen atoms in total. The highest BCUT2D eigenvalue weighted by Crippen LogP contribution is 2.50. The fourth-order valence-corrected chi connectivity index (χ4v) is 14.6. The molecule has 494 valence electrons. The van der Waals surface area contributed by atoms with Crippen molar-refractivity contribution in [2.45, 2.75) is 97.8 Å². The lowest BCUT2D eigenvalue weighted by Crippen LogP contribution is -2.19. The summed E-state index contributed by atoms with van der Waals surface area (Å²) in [5, 5.41) is 14.8. The van der Waals surface area contributed by atoms with E-state index in [4.69, 9.17) is 43.1 Å². The average molecular weight is 1330 g/mol. The smallest absolute Gasteiger partial charge is 0.467 e. The molecular weight excluding hydrogens is 1250 g/mol. The van der Waals surface area contributed by atoms with E-state index >= 15 is 0 Å². The molecule has 0 unspecified atom stereocenters. The summed E-state index contributed by atoms with van der Waals surface area (Å²) < 4.78 is 54.4. The summed E-state index contributed by atoms with van der Waals surface area (Å²) in [4.78, 5) is 54.1. The van der Waals surface area contributed by atoms with Crippen LogP contribution in [0.2, 0.25) is 0 Å². The van der Waals surface area contributed by atoms with Gasteiger partial charge in [0.05, 0.1) is 16.7 Å². The van der Waals surface area contributed by atoms with Crippen molar-refractivity contribution < 1.29 is 32.3 Å². The number of aromatic amines is 3. The number of allylic oxidation sites excluding steroid dienone is 6. The van der Waals surface area contributed by atoms with E-state index in [1.807, 2.05) is 112 Å². The highest BCUT2D eigenvalue weighted by Gasteiger charge is 2.31. The van der Waals surface area contributed by atoms with Gasteiger partial charge in [-0.25, -0.2) is 18.1 Å². The zero-order valence-electron chi connectivity index (χ0n) is 54.6. The van der Waals surface area contributed by atoms with Crippen molar-refractivity contribution >= 4 is 41.5 Å². The Labute approximate surface area is 564 Å². The highest BCUT2D eigenvalue weighted by atomic mass is 31.2. The lowest BCUT2D eigenvalue weighted by Gasteiger charge is -2.19. The standard InChI is InChI=1S/C78H72N9O10P/c1-49-64(76(88)85-73(79-49)67(52-22-10-4-11-23-52)70(82-85)58-28-16-7-17-29-58)55-34-40-61(41-35-55)92-46-95-98(91,96-47-93-62-42-36-56(37-43-62)65-50(2)80-74-68(53-24-12-5-13-25-53)71(83-86(74)77(65)89)59-30-18-8-19-31-59)97-48-94-63-44-38-57(39-45-63)66-51(3)81-75-69(54-26-14-6-15-27-54)72(84-87(75)78(66)90)60-32-20-9-21-33-60/h7-9,16-22,24,26,28-45,79-81H,4-6,10-15,23,25,27,46-48H2,1-3H3. The molecule has 6 heterocycles. The van der Waals surface area contributed by atoms with Gasteiger partial charge in [-0.15, -0.1) is 0 Å². The molecule has 0 aliphatic heterocycles. The van der Waals surface area contributed by atoms with Gasteiger partial charge in [-0.1, -0.05) is 146 Å². The Hall–Kier alpha value is -10.7. The molecule has 15 rings (SSSR count). The first-order chi connectivity index (χ1) is 47.9. The number of phosphoric acid groups is 1. The summed E-state index contributed by atoms with van der Waals surface area (Å²) in [6.45, 7) is 3.86. The maximum Gasteiger partial charge on any atom is 0.483 e. The third-order valence-electron chi connectivity index (χ3n) is 18.6. The molecule has 0 radical (unpaired) electrons. The van der Waals surface area contributed by atoms with Crippen LogP contribution >= 0.6 is 7.82 Å². The molecule has 0 spiro atoms. The van der Waals surface area contributed by atoms with E-state index in [9.17, 15) is 18.9 Å². The van der Waals surface area contributed by atoms with Gasteiger partial charge in [0.15, 0.2) is 20.4 Å². The van der Waals surface area contributed by atoms with Gasteiger partial charge in [-0.2, -0.15) is 28.8 Å². The Morgan fingerprint density at radius 3 is 0.888 bits per heavy atom. The van der Waals surface area contributed by atoms with Crippen LogP contribution in [0.1, 0.15) is 111 Å². The van der Waals surface area contributed by atoms with Crippen LogP contribution in [-0.4, -0.2) is 64.2 Å². The number of aromatic nitrogens is 9. The molecule has 3 N–H and O–H groups in total. The Morgan fingerprint density at radius 2 is 0.633 bits per heavy atom. The normalized spacial score (nSPS) is 14.4. The van der Waals surface area contributed by atoms with E-state index in [1.54, 1.807) is 72.8 Å². The van der Waals surface area contributed by atoms with E-state index in [0.717, 1.165) is 128 Å². The van der Waals surface area contributed by atoms with E-state index in [-0.39, 0.29) is 16.7 Å². The number of phosphoric ester groups is 1. The number of rotatable bonds is 21. The largest absolute Gasteiger partial charge is 0.483 e. The molecule has 0 bridgehead atoms. The van der Waals surface area contributed by atoms with E-state index in [2.05, 4.69) is 33.2 Å². The van der Waals surface area contributed by atoms with Gasteiger partial charge in [0.25, 0.3) is 16.7 Å². The van der Waals surface area contributed by atoms with Gasteiger partial charge in [-0.3, -0.25) is 14.4 Å². The van der Waals surface area contributed by atoms with E-state index in [1.165, 1.54) is 30.3 Å². The molecule has 6 aromatic carbocycles. The van der Waals surface area contributed by atoms with Gasteiger partial charge in [0.1, 0.15) is 51.3 Å². The van der Waals surface area contributed by atoms with Crippen LogP contribution in [0, 0.1) is 20.8 Å². The fourth-order valence-electron chi connectivity index (χ4n) is 13.8. The molecule has 20 heteroatoms. The van der Waals surface area contributed by atoms with Crippen LogP contribution in [-0.2, 0) is 18.1 Å². The van der Waals surface area contributed by atoms with Gasteiger partial charge >= 0.3 is 7.82 Å². The molecule has 0 fully saturated rings. The van der Waals surface area contributed by atoms with Crippen LogP contribution in [0.5, 0.6) is 17.2 Å². The number of benzene rings is 6. The van der Waals surface area contributed by atoms with Crippen LogP contribution < -0.4 is 30.9 Å². The summed E-state index contributed by atoms with van der Waals surface area (Å²) >= 11 is 0. The summed E-state index contributed by atoms with van der Waals surface area (Å²) in [6.07, 6.45) is 18.9. The topological polar surface area (TPSA) is 223 Å². The summed E-state index contributed by atoms with van der Waals surface area (Å²) in [6, 6.07) is 50.4. The van der Waals surface area contributed by atoms with Crippen LogP contribution in [0.15, 0.2) is 196 Å². The van der Waals surface area contributed by atoms with Gasteiger partial charge < -0.3 is 29.2 Å². The zero-order chi connectivity index (χ0) is 66.9. The number of nitrogens with zero attached hydrogens (tertiary/aromatic N) is 6. The minimum absolute atomic E-state index is 0.270. The molecule has 3 aliphatic rings. The van der Waals surface area contributed by atoms with Gasteiger partial charge in [-0.05, 0) is 168 Å². The Kier molecular flexibility index (Phi) is 17.7. The third kappa shape index (κ3) is 12.5.